The van der Waals surface area contributed by atoms with Gasteiger partial charge >= 0.3 is 0 Å². The predicted octanol–water partition coefficient (Wildman–Crippen LogP) is 5.20. The molecule has 2 nitrogen and oxygen atoms in total. The summed E-state index contributed by atoms with van der Waals surface area (Å²) in [7, 11) is 0. The highest BCUT2D eigenvalue weighted by Crippen LogP contribution is 2.25. The Morgan fingerprint density at radius 2 is 1.71 bits per heavy atom. The average molecular weight is 308 g/mol. The molecule has 4 rings (SSSR count). The molecule has 0 aliphatic carbocycles. The van der Waals surface area contributed by atoms with Crippen LogP contribution in [0.15, 0.2) is 70.0 Å². The number of H-pyrrole nitrogens is 1. The highest BCUT2D eigenvalue weighted by Gasteiger charge is 2.08. The van der Waals surface area contributed by atoms with Crippen LogP contribution in [0.2, 0.25) is 0 Å². The lowest BCUT2D eigenvalue weighted by Crippen LogP contribution is -1.87. The van der Waals surface area contributed by atoms with E-state index in [0.29, 0.717) is 0 Å². The van der Waals surface area contributed by atoms with Crippen molar-refractivity contribution in [1.82, 2.24) is 4.98 Å². The molecule has 4 heteroatoms. The van der Waals surface area contributed by atoms with E-state index in [1.165, 1.54) is 9.75 Å². The number of aliphatic imine (C=N–C) groups is 1. The van der Waals surface area contributed by atoms with Gasteiger partial charge in [-0.1, -0.05) is 12.1 Å². The van der Waals surface area contributed by atoms with Crippen molar-refractivity contribution in [3.63, 3.8) is 0 Å². The minimum atomic E-state index is 0.984. The van der Waals surface area contributed by atoms with Crippen molar-refractivity contribution < 1.29 is 0 Å². The van der Waals surface area contributed by atoms with E-state index in [1.807, 2.05) is 0 Å². The van der Waals surface area contributed by atoms with E-state index in [9.17, 15) is 0 Å². The molecule has 0 spiro atoms. The number of allylic oxidation sites excluding steroid dienone is 2. The molecule has 1 N–H and O–H groups in total. The van der Waals surface area contributed by atoms with Crippen LogP contribution in [-0.4, -0.2) is 10.7 Å². The Morgan fingerprint density at radius 3 is 2.48 bits per heavy atom. The number of hydrogen-bond acceptors (Lipinski definition) is 3. The number of rotatable bonds is 3. The average Bonchev–Trinajstić information content (AvgIpc) is 3.28. The molecule has 3 aromatic heterocycles. The van der Waals surface area contributed by atoms with Gasteiger partial charge in [-0.25, -0.2) is 4.99 Å². The molecule has 0 radical (unpaired) electrons. The maximum absolute atomic E-state index is 4.66. The Balaban J connectivity index is 1.60. The fraction of sp³-hybridized carbons (Fsp3) is 0. The lowest BCUT2D eigenvalue weighted by Gasteiger charge is -1.93. The number of hydrogen-bond donors (Lipinski definition) is 1. The van der Waals surface area contributed by atoms with Crippen LogP contribution < -0.4 is 0 Å². The summed E-state index contributed by atoms with van der Waals surface area (Å²) < 4.78 is 0. The summed E-state index contributed by atoms with van der Waals surface area (Å²) in [5.41, 5.74) is 4.26. The van der Waals surface area contributed by atoms with Crippen LogP contribution in [0.5, 0.6) is 0 Å². The van der Waals surface area contributed by atoms with Crippen LogP contribution in [0.1, 0.15) is 10.6 Å². The zero-order chi connectivity index (χ0) is 14.1. The highest BCUT2D eigenvalue weighted by atomic mass is 32.1. The minimum absolute atomic E-state index is 0.984. The third-order valence-corrected chi connectivity index (χ3v) is 5.03. The van der Waals surface area contributed by atoms with Gasteiger partial charge < -0.3 is 4.98 Å². The van der Waals surface area contributed by atoms with Crippen molar-refractivity contribution in [2.45, 2.75) is 0 Å². The van der Waals surface area contributed by atoms with Gasteiger partial charge in [0.25, 0.3) is 0 Å². The first kappa shape index (κ1) is 12.6. The van der Waals surface area contributed by atoms with Gasteiger partial charge in [0.1, 0.15) is 0 Å². The normalized spacial score (nSPS) is 15.8. The number of thiophene rings is 2. The van der Waals surface area contributed by atoms with E-state index in [2.05, 4.69) is 75.4 Å². The van der Waals surface area contributed by atoms with Crippen molar-refractivity contribution >= 4 is 34.5 Å². The van der Waals surface area contributed by atoms with Crippen LogP contribution in [0, 0.1) is 0 Å². The fourth-order valence-corrected chi connectivity index (χ4v) is 3.65. The Kier molecular flexibility index (Phi) is 3.18. The summed E-state index contributed by atoms with van der Waals surface area (Å²) >= 11 is 3.45. The van der Waals surface area contributed by atoms with Crippen LogP contribution in [0.25, 0.3) is 16.6 Å². The van der Waals surface area contributed by atoms with Gasteiger partial charge in [0.15, 0.2) is 0 Å². The molecule has 21 heavy (non-hydrogen) atoms. The summed E-state index contributed by atoms with van der Waals surface area (Å²) in [6.45, 7) is 0. The van der Waals surface area contributed by atoms with E-state index in [0.717, 1.165) is 22.8 Å². The standard InChI is InChI=1S/C17H12N2S2/c1-3-16(20-9-1)14-7-5-12(18-14)11-13-6-8-15(19-13)17-4-2-10-21-17/h1-11,18H/b13-11-. The van der Waals surface area contributed by atoms with E-state index in [-0.39, 0.29) is 0 Å². The van der Waals surface area contributed by atoms with E-state index in [4.69, 9.17) is 0 Å². The first-order valence-corrected chi connectivity index (χ1v) is 8.40. The topological polar surface area (TPSA) is 28.1 Å². The molecule has 0 saturated carbocycles. The Labute approximate surface area is 130 Å². The number of aromatic nitrogens is 1. The summed E-state index contributed by atoms with van der Waals surface area (Å²) in [6, 6.07) is 12.5. The maximum Gasteiger partial charge on any atom is 0.0809 e. The van der Waals surface area contributed by atoms with Gasteiger partial charge in [-0.3, -0.25) is 0 Å². The van der Waals surface area contributed by atoms with Crippen LogP contribution in [0.4, 0.5) is 0 Å². The Morgan fingerprint density at radius 1 is 0.905 bits per heavy atom. The zero-order valence-corrected chi connectivity index (χ0v) is 12.7. The molecule has 1 aliphatic rings. The molecule has 0 bridgehead atoms. The van der Waals surface area contributed by atoms with Crippen LogP contribution in [-0.2, 0) is 0 Å². The van der Waals surface area contributed by atoms with Crippen molar-refractivity contribution in [3.05, 3.63) is 75.6 Å². The maximum atomic E-state index is 4.66. The highest BCUT2D eigenvalue weighted by molar-refractivity contribution is 7.13. The summed E-state index contributed by atoms with van der Waals surface area (Å²) in [4.78, 5) is 10.5. The molecule has 3 aromatic rings. The smallest absolute Gasteiger partial charge is 0.0809 e. The number of nitrogens with zero attached hydrogens (tertiary/aromatic N) is 1. The second-order valence-electron chi connectivity index (χ2n) is 4.68. The third-order valence-electron chi connectivity index (χ3n) is 3.23. The molecule has 0 amide bonds. The second kappa shape index (κ2) is 5.31. The van der Waals surface area contributed by atoms with Crippen molar-refractivity contribution in [2.75, 3.05) is 0 Å². The van der Waals surface area contributed by atoms with Crippen LogP contribution in [0.3, 0.4) is 0 Å². The Bertz CT molecular complexity index is 831. The molecular formula is C17H12N2S2. The number of nitrogens with one attached hydrogen (secondary N) is 1. The first-order chi connectivity index (χ1) is 10.4. The zero-order valence-electron chi connectivity index (χ0n) is 11.1. The van der Waals surface area contributed by atoms with Crippen LogP contribution >= 0.6 is 22.7 Å². The van der Waals surface area contributed by atoms with Crippen molar-refractivity contribution in [2.24, 2.45) is 4.99 Å². The third kappa shape index (κ3) is 2.55. The Hall–Kier alpha value is -2.17. The number of aromatic amines is 1. The summed E-state index contributed by atoms with van der Waals surface area (Å²) in [5, 5.41) is 4.16. The van der Waals surface area contributed by atoms with E-state index < -0.39 is 0 Å². The largest absolute Gasteiger partial charge is 0.354 e. The van der Waals surface area contributed by atoms with E-state index in [1.54, 1.807) is 22.7 Å². The van der Waals surface area contributed by atoms with Gasteiger partial charge in [0.05, 0.1) is 26.9 Å². The van der Waals surface area contributed by atoms with Crippen molar-refractivity contribution in [1.29, 1.82) is 0 Å². The quantitative estimate of drug-likeness (QED) is 0.688. The molecule has 1 aliphatic heterocycles. The molecule has 4 heterocycles. The van der Waals surface area contributed by atoms with Gasteiger partial charge in [0.2, 0.25) is 0 Å². The molecule has 0 atom stereocenters. The monoisotopic (exact) mass is 308 g/mol. The second-order valence-corrected chi connectivity index (χ2v) is 6.58. The van der Waals surface area contributed by atoms with Gasteiger partial charge in [-0.15, -0.1) is 22.7 Å². The van der Waals surface area contributed by atoms with Gasteiger partial charge in [0, 0.05) is 5.69 Å². The lowest BCUT2D eigenvalue weighted by atomic mass is 10.3. The van der Waals surface area contributed by atoms with Crippen molar-refractivity contribution in [3.8, 4) is 10.6 Å². The molecule has 102 valence electrons. The first-order valence-electron chi connectivity index (χ1n) is 6.64. The molecule has 0 aromatic carbocycles. The molecule has 0 fully saturated rings. The summed E-state index contributed by atoms with van der Waals surface area (Å²) in [6.07, 6.45) is 6.20. The predicted molar refractivity (Wildman–Crippen MR) is 92.1 cm³/mol. The summed E-state index contributed by atoms with van der Waals surface area (Å²) in [5.74, 6) is 0. The van der Waals surface area contributed by atoms with Gasteiger partial charge in [-0.2, -0.15) is 0 Å². The fourth-order valence-electron chi connectivity index (χ4n) is 2.25. The molecular weight excluding hydrogens is 296 g/mol. The van der Waals surface area contributed by atoms with Gasteiger partial charge in [-0.05, 0) is 53.3 Å². The molecule has 0 saturated heterocycles. The van der Waals surface area contributed by atoms with E-state index >= 15 is 0 Å². The molecule has 0 unspecified atom stereocenters. The lowest BCUT2D eigenvalue weighted by molar-refractivity contribution is 1.36. The SMILES string of the molecule is C1=C/C(=C/c2ccc(-c3cccs3)[nH]2)N=C1c1cccs1. The minimum Gasteiger partial charge on any atom is -0.354 e.